The number of carbonyl (C=O) groups is 2. The molecule has 7 nitrogen and oxygen atoms in total. The number of nitrogens with one attached hydrogen (secondary N) is 1. The smallest absolute Gasteiger partial charge is 0.296 e. The molecule has 0 bridgehead atoms. The molecule has 2 aromatic carbocycles. The molecule has 0 heterocycles. The summed E-state index contributed by atoms with van der Waals surface area (Å²) in [5.41, 5.74) is 6.59. The molecule has 0 fully saturated rings. The van der Waals surface area contributed by atoms with E-state index in [1.54, 1.807) is 12.1 Å². The quantitative estimate of drug-likeness (QED) is 0.440. The fourth-order valence-electron chi connectivity index (χ4n) is 2.83. The molecule has 8 heteroatoms. The zero-order valence-electron chi connectivity index (χ0n) is 12.7. The zero-order chi connectivity index (χ0) is 17.6. The van der Waals surface area contributed by atoms with Crippen LogP contribution in [0.2, 0.25) is 0 Å². The highest BCUT2D eigenvalue weighted by molar-refractivity contribution is 7.86. The normalized spacial score (nSPS) is 14.1. The molecule has 1 aliphatic rings. The molecular formula is C16H14N2O5S. The summed E-state index contributed by atoms with van der Waals surface area (Å²) in [4.78, 5) is 23.6. The van der Waals surface area contributed by atoms with Crippen LogP contribution in [0.1, 0.15) is 22.8 Å². The number of benzene rings is 2. The van der Waals surface area contributed by atoms with Crippen molar-refractivity contribution in [2.24, 2.45) is 0 Å². The van der Waals surface area contributed by atoms with Gasteiger partial charge in [-0.15, -0.1) is 0 Å². The number of nitrogens with two attached hydrogens (primary N) is 1. The maximum absolute atomic E-state index is 12.3. The van der Waals surface area contributed by atoms with Gasteiger partial charge >= 0.3 is 0 Å². The number of nitrogen functional groups attached to an aromatic ring is 1. The second-order valence-corrected chi connectivity index (χ2v) is 6.71. The second kappa shape index (κ2) is 5.43. The fraction of sp³-hybridized carbons (Fsp3) is 0.125. The molecule has 24 heavy (non-hydrogen) atoms. The van der Waals surface area contributed by atoms with Crippen molar-refractivity contribution in [3.63, 3.8) is 0 Å². The highest BCUT2D eigenvalue weighted by Crippen LogP contribution is 2.39. The second-order valence-electron chi connectivity index (χ2n) is 5.32. The summed E-state index contributed by atoms with van der Waals surface area (Å²) in [6.45, 7) is 2.29. The van der Waals surface area contributed by atoms with Crippen LogP contribution in [0.15, 0.2) is 29.2 Å². The molecule has 0 radical (unpaired) electrons. The number of hydrogen-bond acceptors (Lipinski definition) is 6. The summed E-state index contributed by atoms with van der Waals surface area (Å²) in [6.07, 6.45) is 2.63. The maximum atomic E-state index is 12.3. The van der Waals surface area contributed by atoms with Gasteiger partial charge in [-0.3, -0.25) is 14.1 Å². The van der Waals surface area contributed by atoms with Gasteiger partial charge in [-0.2, -0.15) is 8.42 Å². The van der Waals surface area contributed by atoms with Gasteiger partial charge in [0.2, 0.25) is 11.6 Å². The largest absolute Gasteiger partial charge is 0.397 e. The lowest BCUT2D eigenvalue weighted by Gasteiger charge is -2.18. The molecule has 0 amide bonds. The van der Waals surface area contributed by atoms with E-state index in [9.17, 15) is 22.6 Å². The average Bonchev–Trinajstić information content (AvgIpc) is 2.52. The molecule has 0 unspecified atom stereocenters. The number of ketones is 2. The van der Waals surface area contributed by atoms with E-state index in [-0.39, 0.29) is 16.6 Å². The number of Topliss-reactive ketones (excluding diaryl/α,β-unsaturated/α-hetero) is 1. The van der Waals surface area contributed by atoms with E-state index in [1.165, 1.54) is 12.1 Å². The van der Waals surface area contributed by atoms with Gasteiger partial charge in [0, 0.05) is 28.6 Å². The maximum Gasteiger partial charge on any atom is 0.296 e. The number of allylic oxidation sites excluding steroid dienone is 1. The zero-order valence-corrected chi connectivity index (χ0v) is 13.5. The van der Waals surface area contributed by atoms with Crippen LogP contribution in [0.5, 0.6) is 0 Å². The fourth-order valence-corrected chi connectivity index (χ4v) is 3.48. The molecule has 0 saturated carbocycles. The van der Waals surface area contributed by atoms with Gasteiger partial charge in [0.1, 0.15) is 4.90 Å². The molecule has 0 spiro atoms. The van der Waals surface area contributed by atoms with Crippen LogP contribution in [0, 0.1) is 0 Å². The van der Waals surface area contributed by atoms with E-state index in [4.69, 9.17) is 5.73 Å². The molecule has 1 aliphatic carbocycles. The van der Waals surface area contributed by atoms with Gasteiger partial charge < -0.3 is 11.1 Å². The van der Waals surface area contributed by atoms with Crippen molar-refractivity contribution < 1.29 is 22.6 Å². The monoisotopic (exact) mass is 346 g/mol. The number of rotatable bonds is 3. The highest BCUT2D eigenvalue weighted by Gasteiger charge is 2.28. The molecule has 0 aliphatic heterocycles. The lowest BCUT2D eigenvalue weighted by molar-refractivity contribution is -0.110. The van der Waals surface area contributed by atoms with E-state index in [2.05, 4.69) is 5.32 Å². The third kappa shape index (κ3) is 2.36. The molecular weight excluding hydrogens is 332 g/mol. The van der Waals surface area contributed by atoms with Crippen LogP contribution in [0.3, 0.4) is 0 Å². The molecule has 124 valence electrons. The first-order chi connectivity index (χ1) is 11.3. The minimum absolute atomic E-state index is 0.0437. The molecule has 0 saturated heterocycles. The van der Waals surface area contributed by atoms with Gasteiger partial charge in [-0.1, -0.05) is 18.2 Å². The van der Waals surface area contributed by atoms with Crippen molar-refractivity contribution in [2.75, 3.05) is 17.6 Å². The third-order valence-electron chi connectivity index (χ3n) is 3.85. The molecule has 0 atom stereocenters. The van der Waals surface area contributed by atoms with Crippen LogP contribution < -0.4 is 11.1 Å². The Morgan fingerprint density at radius 1 is 1.21 bits per heavy atom. The third-order valence-corrected chi connectivity index (χ3v) is 4.74. The summed E-state index contributed by atoms with van der Waals surface area (Å²) in [6, 6.07) is 4.56. The minimum atomic E-state index is -4.60. The van der Waals surface area contributed by atoms with E-state index >= 15 is 0 Å². The SMILES string of the molecule is CCNc1cc(S(=O)(=O)O)c(N)c2c3c(ccc12)C=CC(=O)C3=O. The standard InChI is InChI=1S/C16H14N2O5S/c1-2-18-10-7-12(24(21,22)23)15(17)14-9(10)5-3-8-4-6-11(19)16(20)13(8)14/h3-7,18H,2,17H2,1H3,(H,21,22,23). The van der Waals surface area contributed by atoms with E-state index in [0.29, 0.717) is 23.2 Å². The van der Waals surface area contributed by atoms with Crippen LogP contribution in [-0.4, -0.2) is 31.1 Å². The lowest BCUT2D eigenvalue weighted by Crippen LogP contribution is -2.18. The summed E-state index contributed by atoms with van der Waals surface area (Å²) in [5.74, 6) is -1.48. The Balaban J connectivity index is 2.54. The molecule has 2 aromatic rings. The summed E-state index contributed by atoms with van der Waals surface area (Å²) < 4.78 is 32.7. The first kappa shape index (κ1) is 16.2. The van der Waals surface area contributed by atoms with Crippen molar-refractivity contribution in [3.8, 4) is 0 Å². The van der Waals surface area contributed by atoms with E-state index in [1.807, 2.05) is 6.92 Å². The number of hydrogen-bond donors (Lipinski definition) is 3. The predicted molar refractivity (Wildman–Crippen MR) is 90.7 cm³/mol. The number of fused-ring (bicyclic) bond motifs is 3. The van der Waals surface area contributed by atoms with Crippen LogP contribution in [0.25, 0.3) is 16.8 Å². The highest BCUT2D eigenvalue weighted by atomic mass is 32.2. The van der Waals surface area contributed by atoms with Crippen molar-refractivity contribution in [2.45, 2.75) is 11.8 Å². The van der Waals surface area contributed by atoms with Crippen molar-refractivity contribution in [3.05, 3.63) is 35.4 Å². The van der Waals surface area contributed by atoms with Gasteiger partial charge in [0.15, 0.2) is 0 Å². The van der Waals surface area contributed by atoms with Crippen molar-refractivity contribution in [1.82, 2.24) is 0 Å². The van der Waals surface area contributed by atoms with Crippen LogP contribution in [-0.2, 0) is 14.9 Å². The summed E-state index contributed by atoms with van der Waals surface area (Å²) >= 11 is 0. The summed E-state index contributed by atoms with van der Waals surface area (Å²) in [7, 11) is -4.60. The Hall–Kier alpha value is -2.71. The Morgan fingerprint density at radius 3 is 2.54 bits per heavy atom. The average molecular weight is 346 g/mol. The molecule has 3 rings (SSSR count). The topological polar surface area (TPSA) is 127 Å². The number of anilines is 2. The van der Waals surface area contributed by atoms with Crippen LogP contribution in [0.4, 0.5) is 11.4 Å². The first-order valence-corrected chi connectivity index (χ1v) is 8.57. The van der Waals surface area contributed by atoms with E-state index in [0.717, 1.165) is 6.08 Å². The number of carbonyl (C=O) groups excluding carboxylic acids is 2. The Labute approximate surface area is 137 Å². The Morgan fingerprint density at radius 2 is 1.92 bits per heavy atom. The van der Waals surface area contributed by atoms with E-state index < -0.39 is 26.6 Å². The van der Waals surface area contributed by atoms with Gasteiger partial charge in [-0.25, -0.2) is 0 Å². The van der Waals surface area contributed by atoms with Crippen molar-refractivity contribution >= 4 is 49.9 Å². The first-order valence-electron chi connectivity index (χ1n) is 7.13. The Bertz CT molecular complexity index is 1040. The summed E-state index contributed by atoms with van der Waals surface area (Å²) in [5, 5.41) is 3.61. The minimum Gasteiger partial charge on any atom is -0.397 e. The van der Waals surface area contributed by atoms with Gasteiger partial charge in [0.05, 0.1) is 5.69 Å². The van der Waals surface area contributed by atoms with Gasteiger partial charge in [0.25, 0.3) is 10.1 Å². The molecule has 0 aromatic heterocycles. The van der Waals surface area contributed by atoms with Gasteiger partial charge in [-0.05, 0) is 24.6 Å². The predicted octanol–water partition coefficient (Wildman–Crippen LogP) is 1.88. The Kier molecular flexibility index (Phi) is 3.66. The van der Waals surface area contributed by atoms with Crippen molar-refractivity contribution in [1.29, 1.82) is 0 Å². The lowest BCUT2D eigenvalue weighted by atomic mass is 9.89. The van der Waals surface area contributed by atoms with Crippen LogP contribution >= 0.6 is 0 Å². The molecule has 4 N–H and O–H groups in total.